The summed E-state index contributed by atoms with van der Waals surface area (Å²) in [4.78, 5) is 5.32. The van der Waals surface area contributed by atoms with Gasteiger partial charge in [-0.1, -0.05) is 0 Å². The molecule has 1 unspecified atom stereocenters. The maximum absolute atomic E-state index is 9.26. The second kappa shape index (κ2) is 4.29. The molecule has 76 valence electrons. The average molecular weight is 211 g/mol. The van der Waals surface area contributed by atoms with Crippen LogP contribution in [0.4, 0.5) is 0 Å². The summed E-state index contributed by atoms with van der Waals surface area (Å²) < 4.78 is 5.09. The molecular formula is C10H13NO2S. The lowest BCUT2D eigenvalue weighted by atomic mass is 10.2. The molecule has 3 nitrogen and oxygen atoms in total. The highest BCUT2D eigenvalue weighted by Gasteiger charge is 2.19. The summed E-state index contributed by atoms with van der Waals surface area (Å²) in [6.07, 6.45) is 1.33. The van der Waals surface area contributed by atoms with Gasteiger partial charge in [-0.15, -0.1) is 11.8 Å². The fraction of sp³-hybridized carbons (Fsp3) is 0.500. The van der Waals surface area contributed by atoms with Crippen LogP contribution in [-0.2, 0) is 4.74 Å². The lowest BCUT2D eigenvalue weighted by Gasteiger charge is -2.25. The number of aliphatic hydroxyl groups excluding tert-OH is 1. The van der Waals surface area contributed by atoms with Gasteiger partial charge in [0.25, 0.3) is 0 Å². The second-order valence-corrected chi connectivity index (χ2v) is 4.75. The maximum atomic E-state index is 9.26. The Kier molecular flexibility index (Phi) is 3.05. The summed E-state index contributed by atoms with van der Waals surface area (Å²) in [7, 11) is 0. The van der Waals surface area contributed by atoms with E-state index in [0.717, 1.165) is 23.8 Å². The molecule has 0 amide bonds. The van der Waals surface area contributed by atoms with Crippen molar-refractivity contribution in [3.63, 3.8) is 0 Å². The van der Waals surface area contributed by atoms with E-state index in [2.05, 4.69) is 4.98 Å². The third-order valence-electron chi connectivity index (χ3n) is 2.10. The first-order valence-electron chi connectivity index (χ1n) is 4.64. The Balaban J connectivity index is 1.98. The average Bonchev–Trinajstić information content (AvgIpc) is 2.12. The molecule has 0 bridgehead atoms. The van der Waals surface area contributed by atoms with E-state index in [-0.39, 0.29) is 0 Å². The molecule has 0 aromatic carbocycles. The summed E-state index contributed by atoms with van der Waals surface area (Å²) in [6.45, 7) is 3.39. The Labute approximate surface area is 87.5 Å². The van der Waals surface area contributed by atoms with Crippen LogP contribution in [0.2, 0.25) is 0 Å². The molecule has 1 aromatic heterocycles. The van der Waals surface area contributed by atoms with Crippen molar-refractivity contribution >= 4 is 11.8 Å². The van der Waals surface area contributed by atoms with Gasteiger partial charge < -0.3 is 9.84 Å². The highest BCUT2D eigenvalue weighted by atomic mass is 32.2. The summed E-state index contributed by atoms with van der Waals surface area (Å²) in [5.41, 5.74) is 0.721. The Morgan fingerprint density at radius 1 is 1.57 bits per heavy atom. The van der Waals surface area contributed by atoms with E-state index in [9.17, 15) is 5.11 Å². The molecular weight excluding hydrogens is 198 g/mol. The van der Waals surface area contributed by atoms with Gasteiger partial charge >= 0.3 is 0 Å². The molecule has 1 atom stereocenters. The minimum atomic E-state index is -0.485. The molecule has 1 aliphatic heterocycles. The lowest BCUT2D eigenvalue weighted by molar-refractivity contribution is 0.0455. The fourth-order valence-corrected chi connectivity index (χ4v) is 2.16. The number of hydrogen-bond donors (Lipinski definition) is 1. The van der Waals surface area contributed by atoms with E-state index in [1.54, 1.807) is 18.7 Å². The van der Waals surface area contributed by atoms with Crippen molar-refractivity contribution in [3.05, 3.63) is 24.0 Å². The predicted molar refractivity (Wildman–Crippen MR) is 55.3 cm³/mol. The van der Waals surface area contributed by atoms with Crippen molar-refractivity contribution in [1.29, 1.82) is 0 Å². The zero-order valence-electron chi connectivity index (χ0n) is 8.01. The number of pyridine rings is 1. The Bertz CT molecular complexity index is 295. The monoisotopic (exact) mass is 211 g/mol. The van der Waals surface area contributed by atoms with Crippen LogP contribution in [0.15, 0.2) is 23.2 Å². The molecule has 0 radical (unpaired) electrons. The molecule has 1 aliphatic rings. The number of thioether (sulfide) groups is 1. The topological polar surface area (TPSA) is 42.4 Å². The Morgan fingerprint density at radius 2 is 2.36 bits per heavy atom. The molecule has 1 saturated heterocycles. The number of hydrogen-bond acceptors (Lipinski definition) is 4. The van der Waals surface area contributed by atoms with Crippen molar-refractivity contribution in [1.82, 2.24) is 4.98 Å². The Morgan fingerprint density at radius 3 is 2.79 bits per heavy atom. The highest BCUT2D eigenvalue weighted by molar-refractivity contribution is 8.00. The summed E-state index contributed by atoms with van der Waals surface area (Å²) >= 11 is 1.78. The van der Waals surface area contributed by atoms with E-state index < -0.39 is 6.10 Å². The van der Waals surface area contributed by atoms with Crippen LogP contribution >= 0.6 is 11.8 Å². The summed E-state index contributed by atoms with van der Waals surface area (Å²) in [5, 5.41) is 9.84. The minimum Gasteiger partial charge on any atom is -0.387 e. The third-order valence-corrected chi connectivity index (χ3v) is 3.22. The van der Waals surface area contributed by atoms with Crippen LogP contribution in [0.25, 0.3) is 0 Å². The van der Waals surface area contributed by atoms with Crippen LogP contribution in [0.3, 0.4) is 0 Å². The van der Waals surface area contributed by atoms with E-state index in [0.29, 0.717) is 5.25 Å². The fourth-order valence-electron chi connectivity index (χ4n) is 1.18. The Hall–Kier alpha value is -0.580. The lowest BCUT2D eigenvalue weighted by Crippen LogP contribution is -2.30. The molecule has 0 spiro atoms. The van der Waals surface area contributed by atoms with E-state index >= 15 is 0 Å². The summed E-state index contributed by atoms with van der Waals surface area (Å²) in [5.74, 6) is 0. The zero-order valence-corrected chi connectivity index (χ0v) is 8.83. The zero-order chi connectivity index (χ0) is 9.97. The maximum Gasteiger partial charge on any atom is 0.0931 e. The quantitative estimate of drug-likeness (QED) is 0.825. The van der Waals surface area contributed by atoms with Crippen LogP contribution < -0.4 is 0 Å². The second-order valence-electron chi connectivity index (χ2n) is 3.37. The van der Waals surface area contributed by atoms with Gasteiger partial charge in [0.1, 0.15) is 0 Å². The number of nitrogens with zero attached hydrogens (tertiary/aromatic N) is 1. The van der Waals surface area contributed by atoms with Crippen molar-refractivity contribution in [2.45, 2.75) is 23.2 Å². The number of aromatic nitrogens is 1. The molecule has 0 saturated carbocycles. The smallest absolute Gasteiger partial charge is 0.0931 e. The third kappa shape index (κ3) is 2.26. The largest absolute Gasteiger partial charge is 0.387 e. The molecule has 0 aliphatic carbocycles. The van der Waals surface area contributed by atoms with Gasteiger partial charge in [-0.25, -0.2) is 0 Å². The van der Waals surface area contributed by atoms with Crippen molar-refractivity contribution < 1.29 is 9.84 Å². The van der Waals surface area contributed by atoms with Crippen LogP contribution in [0.1, 0.15) is 18.7 Å². The minimum absolute atomic E-state index is 0.485. The predicted octanol–water partition coefficient (Wildman–Crippen LogP) is 1.63. The van der Waals surface area contributed by atoms with Crippen LogP contribution in [0, 0.1) is 0 Å². The normalized spacial score (nSPS) is 19.0. The van der Waals surface area contributed by atoms with Crippen molar-refractivity contribution in [2.75, 3.05) is 13.2 Å². The molecule has 2 heterocycles. The van der Waals surface area contributed by atoms with E-state index in [1.807, 2.05) is 18.3 Å². The van der Waals surface area contributed by atoms with Gasteiger partial charge in [-0.3, -0.25) is 4.98 Å². The molecule has 1 N–H and O–H groups in total. The molecule has 4 heteroatoms. The van der Waals surface area contributed by atoms with Crippen LogP contribution in [-0.4, -0.2) is 28.6 Å². The first-order valence-corrected chi connectivity index (χ1v) is 5.52. The first-order chi connectivity index (χ1) is 6.75. The van der Waals surface area contributed by atoms with Gasteiger partial charge in [0.15, 0.2) is 0 Å². The van der Waals surface area contributed by atoms with Gasteiger partial charge in [0.2, 0.25) is 0 Å². The molecule has 1 aromatic rings. The first kappa shape index (κ1) is 9.96. The SMILES string of the molecule is CC(O)c1ccc(SC2COC2)cn1. The van der Waals surface area contributed by atoms with Crippen molar-refractivity contribution in [2.24, 2.45) is 0 Å². The number of ether oxygens (including phenoxy) is 1. The number of rotatable bonds is 3. The molecule has 1 fully saturated rings. The van der Waals surface area contributed by atoms with Crippen molar-refractivity contribution in [3.8, 4) is 0 Å². The standard InChI is InChI=1S/C10H13NO2S/c1-7(12)10-3-2-8(4-11-10)14-9-5-13-6-9/h2-4,7,9,12H,5-6H2,1H3. The molecule has 2 rings (SSSR count). The highest BCUT2D eigenvalue weighted by Crippen LogP contribution is 2.27. The van der Waals surface area contributed by atoms with E-state index in [1.165, 1.54) is 0 Å². The van der Waals surface area contributed by atoms with Crippen LogP contribution in [0.5, 0.6) is 0 Å². The molecule has 14 heavy (non-hydrogen) atoms. The van der Waals surface area contributed by atoms with Gasteiger partial charge in [0, 0.05) is 11.1 Å². The van der Waals surface area contributed by atoms with Gasteiger partial charge in [0.05, 0.1) is 30.3 Å². The summed E-state index contributed by atoms with van der Waals surface area (Å²) in [6, 6.07) is 3.87. The van der Waals surface area contributed by atoms with Gasteiger partial charge in [-0.2, -0.15) is 0 Å². The van der Waals surface area contributed by atoms with Gasteiger partial charge in [-0.05, 0) is 19.1 Å². The number of aliphatic hydroxyl groups is 1. The van der Waals surface area contributed by atoms with E-state index in [4.69, 9.17) is 4.74 Å².